The lowest BCUT2D eigenvalue weighted by Gasteiger charge is -2.08. The molecular weight excluding hydrogens is 330 g/mol. The van der Waals surface area contributed by atoms with Gasteiger partial charge < -0.3 is 11.1 Å². The van der Waals surface area contributed by atoms with Crippen LogP contribution in [0, 0.1) is 0 Å². The van der Waals surface area contributed by atoms with Crippen LogP contribution in [0.5, 0.6) is 0 Å². The molecule has 0 spiro atoms. The number of hydrogen-bond acceptors (Lipinski definition) is 6. The topological polar surface area (TPSA) is 111 Å². The molecule has 0 atom stereocenters. The molecule has 1 amide bonds. The van der Waals surface area contributed by atoms with E-state index in [-0.39, 0.29) is 5.82 Å². The third-order valence-electron chi connectivity index (χ3n) is 3.98. The summed E-state index contributed by atoms with van der Waals surface area (Å²) in [5, 5.41) is 7.70. The summed E-state index contributed by atoms with van der Waals surface area (Å²) >= 11 is 0. The number of nitrogens with one attached hydrogen (secondary N) is 1. The fourth-order valence-corrected chi connectivity index (χ4v) is 2.79. The molecule has 0 aliphatic carbocycles. The number of pyridine rings is 1. The van der Waals surface area contributed by atoms with Crippen LogP contribution in [0.15, 0.2) is 42.7 Å². The maximum Gasteiger partial charge on any atom is 0.295 e. The Labute approximate surface area is 149 Å². The van der Waals surface area contributed by atoms with Crippen LogP contribution in [0.25, 0.3) is 16.7 Å². The average Bonchev–Trinajstić information content (AvgIpc) is 3.07. The van der Waals surface area contributed by atoms with Gasteiger partial charge in [-0.15, -0.1) is 5.10 Å². The van der Waals surface area contributed by atoms with Crippen molar-refractivity contribution in [3.05, 3.63) is 54.2 Å². The number of carbonyl (C=O) groups excluding carboxylic acids is 1. The zero-order valence-electron chi connectivity index (χ0n) is 14.2. The van der Waals surface area contributed by atoms with Crippen LogP contribution in [0.4, 0.5) is 11.4 Å². The van der Waals surface area contributed by atoms with E-state index in [1.165, 1.54) is 4.52 Å². The maximum atomic E-state index is 12.4. The number of fused-ring (bicyclic) bond motifs is 2. The van der Waals surface area contributed by atoms with E-state index < -0.39 is 5.91 Å². The number of aryl methyl sites for hydroxylation is 1. The first-order chi connectivity index (χ1) is 12.6. The SMILES string of the molecule is CCCc1cc(N)c2cc(NC(=O)c3nc4ncccn4n3)ccc2n1. The van der Waals surface area contributed by atoms with Gasteiger partial charge >= 0.3 is 0 Å². The van der Waals surface area contributed by atoms with Gasteiger partial charge in [0.05, 0.1) is 5.52 Å². The molecule has 1 aromatic carbocycles. The smallest absolute Gasteiger partial charge is 0.295 e. The van der Waals surface area contributed by atoms with Crippen LogP contribution in [0.3, 0.4) is 0 Å². The van der Waals surface area contributed by atoms with E-state index >= 15 is 0 Å². The third kappa shape index (κ3) is 2.92. The monoisotopic (exact) mass is 347 g/mol. The normalized spacial score (nSPS) is 11.1. The predicted molar refractivity (Wildman–Crippen MR) is 98.9 cm³/mol. The van der Waals surface area contributed by atoms with Crippen molar-refractivity contribution in [3.63, 3.8) is 0 Å². The van der Waals surface area contributed by atoms with Gasteiger partial charge in [-0.05, 0) is 36.8 Å². The molecule has 0 fully saturated rings. The number of nitrogen functional groups attached to an aromatic ring is 1. The van der Waals surface area contributed by atoms with Gasteiger partial charge in [-0.3, -0.25) is 9.78 Å². The van der Waals surface area contributed by atoms with E-state index in [1.54, 1.807) is 30.6 Å². The van der Waals surface area contributed by atoms with Gasteiger partial charge in [0.1, 0.15) is 0 Å². The van der Waals surface area contributed by atoms with E-state index in [4.69, 9.17) is 5.73 Å². The lowest BCUT2D eigenvalue weighted by Crippen LogP contribution is -2.14. The molecule has 0 radical (unpaired) electrons. The lowest BCUT2D eigenvalue weighted by atomic mass is 10.1. The lowest BCUT2D eigenvalue weighted by molar-refractivity contribution is 0.101. The molecule has 0 unspecified atom stereocenters. The highest BCUT2D eigenvalue weighted by Crippen LogP contribution is 2.25. The largest absolute Gasteiger partial charge is 0.398 e. The van der Waals surface area contributed by atoms with E-state index in [0.717, 1.165) is 29.4 Å². The number of amides is 1. The number of aromatic nitrogens is 5. The Kier molecular flexibility index (Phi) is 3.92. The summed E-state index contributed by atoms with van der Waals surface area (Å²) in [5.74, 6) is 0.00484. The molecule has 0 aliphatic heterocycles. The van der Waals surface area contributed by atoms with Gasteiger partial charge in [-0.1, -0.05) is 13.3 Å². The number of rotatable bonds is 4. The van der Waals surface area contributed by atoms with Crippen molar-refractivity contribution in [3.8, 4) is 0 Å². The van der Waals surface area contributed by atoms with Crippen LogP contribution in [0.2, 0.25) is 0 Å². The summed E-state index contributed by atoms with van der Waals surface area (Å²) in [6, 6.07) is 9.04. The number of anilines is 2. The minimum atomic E-state index is -0.413. The van der Waals surface area contributed by atoms with Crippen molar-refractivity contribution in [2.24, 2.45) is 0 Å². The molecular formula is C18H17N7O. The van der Waals surface area contributed by atoms with Gasteiger partial charge in [0.15, 0.2) is 0 Å². The molecule has 0 saturated heterocycles. The van der Waals surface area contributed by atoms with E-state index in [0.29, 0.717) is 17.2 Å². The average molecular weight is 347 g/mol. The molecule has 4 aromatic rings. The summed E-state index contributed by atoms with van der Waals surface area (Å²) in [4.78, 5) is 25.2. The Bertz CT molecular complexity index is 1090. The second kappa shape index (κ2) is 6.40. The first kappa shape index (κ1) is 15.9. The van der Waals surface area contributed by atoms with Crippen molar-refractivity contribution < 1.29 is 4.79 Å². The van der Waals surface area contributed by atoms with Gasteiger partial charge in [0.25, 0.3) is 11.7 Å². The predicted octanol–water partition coefficient (Wildman–Crippen LogP) is 2.46. The third-order valence-corrected chi connectivity index (χ3v) is 3.98. The standard InChI is InChI=1S/C18H17N7O/c1-2-4-11-10-14(19)13-9-12(5-6-15(13)21-11)22-17(26)16-23-18-20-7-3-8-25(18)24-16/h3,5-10H,2,4H2,1H3,(H2,19,21)(H,22,26). The summed E-state index contributed by atoms with van der Waals surface area (Å²) in [7, 11) is 0. The fourth-order valence-electron chi connectivity index (χ4n) is 2.79. The van der Waals surface area contributed by atoms with Crippen molar-refractivity contribution >= 4 is 34.0 Å². The molecule has 130 valence electrons. The van der Waals surface area contributed by atoms with Gasteiger partial charge in [0.2, 0.25) is 5.82 Å². The maximum absolute atomic E-state index is 12.4. The minimum absolute atomic E-state index is 0.0492. The second-order valence-corrected chi connectivity index (χ2v) is 5.94. The summed E-state index contributed by atoms with van der Waals surface area (Å²) in [6.07, 6.45) is 5.17. The van der Waals surface area contributed by atoms with Crippen molar-refractivity contribution in [2.75, 3.05) is 11.1 Å². The van der Waals surface area contributed by atoms with Crippen LogP contribution >= 0.6 is 0 Å². The Morgan fingerprint density at radius 3 is 2.96 bits per heavy atom. The Morgan fingerprint density at radius 1 is 1.27 bits per heavy atom. The second-order valence-electron chi connectivity index (χ2n) is 5.94. The summed E-state index contributed by atoms with van der Waals surface area (Å²) < 4.78 is 1.45. The van der Waals surface area contributed by atoms with Crippen LogP contribution in [0.1, 0.15) is 29.7 Å². The summed E-state index contributed by atoms with van der Waals surface area (Å²) in [5.41, 5.74) is 9.18. The Morgan fingerprint density at radius 2 is 2.15 bits per heavy atom. The first-order valence-electron chi connectivity index (χ1n) is 8.32. The van der Waals surface area contributed by atoms with Gasteiger partial charge in [0, 0.05) is 34.8 Å². The molecule has 3 N–H and O–H groups in total. The van der Waals surface area contributed by atoms with Crippen LogP contribution in [-0.2, 0) is 6.42 Å². The van der Waals surface area contributed by atoms with Crippen molar-refractivity contribution in [1.29, 1.82) is 0 Å². The quantitative estimate of drug-likeness (QED) is 0.586. The number of carbonyl (C=O) groups is 1. The molecule has 0 saturated carbocycles. The van der Waals surface area contributed by atoms with Crippen molar-refractivity contribution in [1.82, 2.24) is 24.6 Å². The molecule has 3 aromatic heterocycles. The fraction of sp³-hybridized carbons (Fsp3) is 0.167. The highest BCUT2D eigenvalue weighted by atomic mass is 16.2. The summed E-state index contributed by atoms with van der Waals surface area (Å²) in [6.45, 7) is 2.10. The number of nitrogens with two attached hydrogens (primary N) is 1. The minimum Gasteiger partial charge on any atom is -0.398 e. The van der Waals surface area contributed by atoms with E-state index in [9.17, 15) is 4.79 Å². The molecule has 26 heavy (non-hydrogen) atoms. The van der Waals surface area contributed by atoms with Gasteiger partial charge in [-0.25, -0.2) is 9.50 Å². The molecule has 8 nitrogen and oxygen atoms in total. The van der Waals surface area contributed by atoms with E-state index in [1.807, 2.05) is 12.1 Å². The molecule has 4 rings (SSSR count). The highest BCUT2D eigenvalue weighted by molar-refractivity contribution is 6.03. The zero-order valence-corrected chi connectivity index (χ0v) is 14.2. The molecule has 0 bridgehead atoms. The van der Waals surface area contributed by atoms with E-state index in [2.05, 4.69) is 32.3 Å². The Hall–Kier alpha value is -3.55. The number of hydrogen-bond donors (Lipinski definition) is 2. The molecule has 3 heterocycles. The highest BCUT2D eigenvalue weighted by Gasteiger charge is 2.14. The zero-order chi connectivity index (χ0) is 18.1. The van der Waals surface area contributed by atoms with Crippen LogP contribution < -0.4 is 11.1 Å². The number of nitrogens with zero attached hydrogens (tertiary/aromatic N) is 5. The molecule has 8 heteroatoms. The first-order valence-corrected chi connectivity index (χ1v) is 8.32. The number of benzene rings is 1. The molecule has 0 aliphatic rings. The Balaban J connectivity index is 1.63. The van der Waals surface area contributed by atoms with Gasteiger partial charge in [-0.2, -0.15) is 4.98 Å². The van der Waals surface area contributed by atoms with Crippen molar-refractivity contribution in [2.45, 2.75) is 19.8 Å². The van der Waals surface area contributed by atoms with Crippen LogP contribution in [-0.4, -0.2) is 30.5 Å².